The first kappa shape index (κ1) is 23.8. The summed E-state index contributed by atoms with van der Waals surface area (Å²) in [7, 11) is 1.62. The van der Waals surface area contributed by atoms with E-state index in [1.54, 1.807) is 7.11 Å². The molecule has 10 heteroatoms. The van der Waals surface area contributed by atoms with E-state index in [0.717, 1.165) is 28.1 Å². The quantitative estimate of drug-likeness (QED) is 0.283. The normalized spacial score (nSPS) is 15.1. The molecule has 0 aliphatic carbocycles. The summed E-state index contributed by atoms with van der Waals surface area (Å²) in [5.41, 5.74) is 4.21. The van der Waals surface area contributed by atoms with Crippen LogP contribution < -0.4 is 14.4 Å². The Hall–Kier alpha value is -4.57. The number of hydrogen-bond acceptors (Lipinski definition) is 8. The summed E-state index contributed by atoms with van der Waals surface area (Å²) in [5, 5.41) is 15.7. The summed E-state index contributed by atoms with van der Waals surface area (Å²) in [5.74, 6) is 1.79. The Balaban J connectivity index is 1.26. The van der Waals surface area contributed by atoms with E-state index in [2.05, 4.69) is 20.4 Å². The molecule has 0 saturated carbocycles. The monoisotopic (exact) mass is 525 g/mol. The molecule has 38 heavy (non-hydrogen) atoms. The molecule has 1 atom stereocenters. The third kappa shape index (κ3) is 4.61. The van der Waals surface area contributed by atoms with Gasteiger partial charge in [-0.1, -0.05) is 77.9 Å². The third-order valence-corrected chi connectivity index (χ3v) is 7.31. The number of benzene rings is 3. The number of amides is 1. The lowest BCUT2D eigenvalue weighted by atomic mass is 10.1. The van der Waals surface area contributed by atoms with Crippen molar-refractivity contribution in [1.82, 2.24) is 20.4 Å². The number of thioether (sulfide) groups is 1. The highest BCUT2D eigenvalue weighted by Gasteiger charge is 2.37. The molecule has 5 aromatic rings. The zero-order chi connectivity index (χ0) is 25.9. The van der Waals surface area contributed by atoms with Gasteiger partial charge >= 0.3 is 6.01 Å². The van der Waals surface area contributed by atoms with Crippen molar-refractivity contribution in [2.45, 2.75) is 12.0 Å². The molecule has 3 aromatic carbocycles. The van der Waals surface area contributed by atoms with Gasteiger partial charge in [0.15, 0.2) is 12.4 Å². The van der Waals surface area contributed by atoms with Gasteiger partial charge < -0.3 is 13.9 Å². The molecule has 3 heterocycles. The van der Waals surface area contributed by atoms with Crippen LogP contribution in [0.25, 0.3) is 22.5 Å². The Kier molecular flexibility index (Phi) is 6.53. The van der Waals surface area contributed by atoms with Gasteiger partial charge in [-0.25, -0.2) is 4.90 Å². The minimum Gasteiger partial charge on any atom is -0.497 e. The van der Waals surface area contributed by atoms with Crippen molar-refractivity contribution in [3.63, 3.8) is 0 Å². The number of H-pyrrole nitrogens is 1. The first-order valence-electron chi connectivity index (χ1n) is 11.9. The zero-order valence-electron chi connectivity index (χ0n) is 20.4. The van der Waals surface area contributed by atoms with Gasteiger partial charge in [-0.15, -0.1) is 16.9 Å². The first-order chi connectivity index (χ1) is 18.7. The number of anilines is 1. The lowest BCUT2D eigenvalue weighted by Gasteiger charge is -2.20. The van der Waals surface area contributed by atoms with Gasteiger partial charge in [0.05, 0.1) is 12.9 Å². The van der Waals surface area contributed by atoms with Crippen LogP contribution in [0.4, 0.5) is 6.01 Å². The predicted octanol–water partition coefficient (Wildman–Crippen LogP) is 5.49. The van der Waals surface area contributed by atoms with Crippen LogP contribution >= 0.6 is 11.8 Å². The summed E-state index contributed by atoms with van der Waals surface area (Å²) in [6.45, 7) is 0.00851. The summed E-state index contributed by atoms with van der Waals surface area (Å²) in [6.07, 6.45) is 0. The lowest BCUT2D eigenvalue weighted by molar-refractivity contribution is -0.116. The average Bonchev–Trinajstić information content (AvgIpc) is 3.71. The van der Waals surface area contributed by atoms with Crippen LogP contribution in [-0.4, -0.2) is 39.2 Å². The van der Waals surface area contributed by atoms with E-state index < -0.39 is 0 Å². The Morgan fingerprint density at radius 3 is 2.39 bits per heavy atom. The smallest absolute Gasteiger partial charge is 0.326 e. The van der Waals surface area contributed by atoms with Crippen LogP contribution in [0.1, 0.15) is 16.8 Å². The molecule has 1 amide bonds. The molecule has 0 bridgehead atoms. The van der Waals surface area contributed by atoms with Crippen molar-refractivity contribution in [2.24, 2.45) is 0 Å². The maximum absolute atomic E-state index is 12.7. The molecule has 6 rings (SSSR count). The Morgan fingerprint density at radius 2 is 1.68 bits per heavy atom. The molecule has 1 aliphatic rings. The third-order valence-electron chi connectivity index (χ3n) is 6.10. The fourth-order valence-corrected chi connectivity index (χ4v) is 5.39. The highest BCUT2D eigenvalue weighted by molar-refractivity contribution is 8.00. The molecule has 1 aliphatic heterocycles. The standard InChI is InChI=1S/C28H23N5O4S/c1-35-21-14-12-20(13-15-21)27-33(23(34)17-38-27)28-32-29-22(37-28)16-36-26-24(18-8-4-2-5-9-18)30-31-25(26)19-10-6-3-7-11-19/h2-15,27H,16-17H2,1H3,(H,30,31). The van der Waals surface area contributed by atoms with Crippen LogP contribution in [0.3, 0.4) is 0 Å². The van der Waals surface area contributed by atoms with Gasteiger partial charge in [0, 0.05) is 11.1 Å². The molecule has 1 unspecified atom stereocenters. The molecule has 1 fully saturated rings. The molecule has 1 saturated heterocycles. The van der Waals surface area contributed by atoms with E-state index in [1.807, 2.05) is 84.9 Å². The van der Waals surface area contributed by atoms with Crippen molar-refractivity contribution in [3.8, 4) is 34.0 Å². The van der Waals surface area contributed by atoms with E-state index >= 15 is 0 Å². The van der Waals surface area contributed by atoms with Gasteiger partial charge in [0.25, 0.3) is 5.89 Å². The molecule has 0 radical (unpaired) electrons. The largest absolute Gasteiger partial charge is 0.497 e. The second-order valence-electron chi connectivity index (χ2n) is 8.48. The van der Waals surface area contributed by atoms with Gasteiger partial charge in [-0.3, -0.25) is 9.89 Å². The zero-order valence-corrected chi connectivity index (χ0v) is 21.2. The number of carbonyl (C=O) groups excluding carboxylic acids is 1. The highest BCUT2D eigenvalue weighted by Crippen LogP contribution is 2.42. The summed E-state index contributed by atoms with van der Waals surface area (Å²) < 4.78 is 17.4. The van der Waals surface area contributed by atoms with Crippen molar-refractivity contribution in [1.29, 1.82) is 0 Å². The van der Waals surface area contributed by atoms with Crippen molar-refractivity contribution >= 4 is 23.7 Å². The summed E-state index contributed by atoms with van der Waals surface area (Å²) >= 11 is 1.50. The minimum absolute atomic E-state index is 0.00851. The number of aromatic amines is 1. The summed E-state index contributed by atoms with van der Waals surface area (Å²) in [6, 6.07) is 27.3. The number of aromatic nitrogens is 4. The van der Waals surface area contributed by atoms with E-state index in [4.69, 9.17) is 13.9 Å². The van der Waals surface area contributed by atoms with E-state index in [-0.39, 0.29) is 29.8 Å². The second-order valence-corrected chi connectivity index (χ2v) is 9.54. The molecule has 0 spiro atoms. The number of ether oxygens (including phenoxy) is 2. The molecular weight excluding hydrogens is 502 g/mol. The SMILES string of the molecule is COc1ccc(C2SCC(=O)N2c2nnc(COc3c(-c4ccccc4)n[nH]c3-c3ccccc3)o2)cc1. The van der Waals surface area contributed by atoms with Gasteiger partial charge in [-0.05, 0) is 17.7 Å². The number of hydrogen-bond donors (Lipinski definition) is 1. The number of nitrogens with one attached hydrogen (secondary N) is 1. The van der Waals surface area contributed by atoms with E-state index in [1.165, 1.54) is 16.7 Å². The molecule has 190 valence electrons. The van der Waals surface area contributed by atoms with Gasteiger partial charge in [-0.2, -0.15) is 5.10 Å². The molecular formula is C28H23N5O4S. The predicted molar refractivity (Wildman–Crippen MR) is 144 cm³/mol. The second kappa shape index (κ2) is 10.4. The number of methoxy groups -OCH3 is 1. The van der Waals surface area contributed by atoms with E-state index in [0.29, 0.717) is 17.2 Å². The maximum Gasteiger partial charge on any atom is 0.326 e. The lowest BCUT2D eigenvalue weighted by Crippen LogP contribution is -2.28. The number of rotatable bonds is 8. The molecule has 9 nitrogen and oxygen atoms in total. The number of nitrogens with zero attached hydrogens (tertiary/aromatic N) is 4. The fraction of sp³-hybridized carbons (Fsp3) is 0.143. The Labute approximate surface area is 222 Å². The van der Waals surface area contributed by atoms with E-state index in [9.17, 15) is 4.79 Å². The Morgan fingerprint density at radius 1 is 0.974 bits per heavy atom. The molecule has 2 aromatic heterocycles. The van der Waals surface area contributed by atoms with Crippen LogP contribution in [0.5, 0.6) is 11.5 Å². The Bertz CT molecular complexity index is 1480. The van der Waals surface area contributed by atoms with Crippen LogP contribution in [0, 0.1) is 0 Å². The van der Waals surface area contributed by atoms with Gasteiger partial charge in [0.1, 0.15) is 22.5 Å². The summed E-state index contributed by atoms with van der Waals surface area (Å²) in [4.78, 5) is 14.3. The minimum atomic E-state index is -0.272. The van der Waals surface area contributed by atoms with Crippen molar-refractivity contribution in [2.75, 3.05) is 17.8 Å². The highest BCUT2D eigenvalue weighted by atomic mass is 32.2. The molecule has 1 N–H and O–H groups in total. The maximum atomic E-state index is 12.7. The van der Waals surface area contributed by atoms with Crippen LogP contribution in [-0.2, 0) is 11.4 Å². The average molecular weight is 526 g/mol. The van der Waals surface area contributed by atoms with Crippen molar-refractivity contribution < 1.29 is 18.7 Å². The van der Waals surface area contributed by atoms with Crippen LogP contribution in [0.2, 0.25) is 0 Å². The van der Waals surface area contributed by atoms with Crippen molar-refractivity contribution in [3.05, 3.63) is 96.4 Å². The fourth-order valence-electron chi connectivity index (χ4n) is 4.24. The topological polar surface area (TPSA) is 106 Å². The first-order valence-corrected chi connectivity index (χ1v) is 13.0. The van der Waals surface area contributed by atoms with Crippen LogP contribution in [0.15, 0.2) is 89.3 Å². The number of carbonyl (C=O) groups is 1. The van der Waals surface area contributed by atoms with Gasteiger partial charge in [0.2, 0.25) is 5.91 Å².